The van der Waals surface area contributed by atoms with E-state index >= 15 is 0 Å². The molecule has 1 aliphatic heterocycles. The van der Waals surface area contributed by atoms with Gasteiger partial charge < -0.3 is 19.6 Å². The average Bonchev–Trinajstić information content (AvgIpc) is 3.10. The number of halogens is 1. The Morgan fingerprint density at radius 1 is 1.03 bits per heavy atom. The van der Waals surface area contributed by atoms with Gasteiger partial charge in [-0.25, -0.2) is 0 Å². The predicted octanol–water partition coefficient (Wildman–Crippen LogP) is 5.28. The summed E-state index contributed by atoms with van der Waals surface area (Å²) >= 11 is 5.99. The van der Waals surface area contributed by atoms with E-state index in [2.05, 4.69) is 18.7 Å². The van der Waals surface area contributed by atoms with E-state index in [-0.39, 0.29) is 11.3 Å². The molecule has 1 heterocycles. The monoisotopic (exact) mass is 484 g/mol. The molecule has 0 spiro atoms. The zero-order valence-electron chi connectivity index (χ0n) is 20.1. The van der Waals surface area contributed by atoms with Crippen LogP contribution in [-0.2, 0) is 9.59 Å². The van der Waals surface area contributed by atoms with Crippen LogP contribution in [0.4, 0.5) is 0 Å². The lowest BCUT2D eigenvalue weighted by molar-refractivity contribution is -0.140. The van der Waals surface area contributed by atoms with Crippen LogP contribution in [0.15, 0.2) is 54.1 Å². The molecule has 1 amide bonds. The van der Waals surface area contributed by atoms with Crippen molar-refractivity contribution in [1.82, 2.24) is 9.80 Å². The van der Waals surface area contributed by atoms with Crippen molar-refractivity contribution in [3.63, 3.8) is 0 Å². The Labute approximate surface area is 206 Å². The fourth-order valence-corrected chi connectivity index (χ4v) is 4.32. The molecule has 1 aliphatic rings. The number of likely N-dealkylation sites (tertiary alicyclic amines) is 1. The minimum Gasteiger partial charge on any atom is -0.507 e. The van der Waals surface area contributed by atoms with Crippen LogP contribution in [0.3, 0.4) is 0 Å². The number of benzene rings is 2. The molecule has 1 atom stereocenters. The van der Waals surface area contributed by atoms with Gasteiger partial charge in [0.15, 0.2) is 0 Å². The predicted molar refractivity (Wildman–Crippen MR) is 135 cm³/mol. The summed E-state index contributed by atoms with van der Waals surface area (Å²) in [6.07, 6.45) is 1.62. The number of hydrogen-bond acceptors (Lipinski definition) is 5. The number of aliphatic hydroxyl groups is 1. The summed E-state index contributed by atoms with van der Waals surface area (Å²) in [5.41, 5.74) is 1.29. The number of ketones is 1. The first-order valence-corrected chi connectivity index (χ1v) is 12.3. The molecule has 182 valence electrons. The van der Waals surface area contributed by atoms with Gasteiger partial charge in [0.1, 0.15) is 11.5 Å². The fourth-order valence-electron chi connectivity index (χ4n) is 4.19. The van der Waals surface area contributed by atoms with Gasteiger partial charge in [0, 0.05) is 17.1 Å². The molecule has 0 radical (unpaired) electrons. The van der Waals surface area contributed by atoms with Gasteiger partial charge in [-0.05, 0) is 74.4 Å². The van der Waals surface area contributed by atoms with Crippen LogP contribution >= 0.6 is 11.6 Å². The molecule has 1 unspecified atom stereocenters. The summed E-state index contributed by atoms with van der Waals surface area (Å²) in [6, 6.07) is 13.3. The van der Waals surface area contributed by atoms with Crippen molar-refractivity contribution < 1.29 is 19.4 Å². The normalized spacial score (nSPS) is 17.6. The van der Waals surface area contributed by atoms with Crippen molar-refractivity contribution in [2.24, 2.45) is 0 Å². The summed E-state index contributed by atoms with van der Waals surface area (Å²) in [4.78, 5) is 30.1. The lowest BCUT2D eigenvalue weighted by Gasteiger charge is -2.27. The smallest absolute Gasteiger partial charge is 0.295 e. The number of hydrogen-bond donors (Lipinski definition) is 1. The zero-order chi connectivity index (χ0) is 24.7. The molecule has 34 heavy (non-hydrogen) atoms. The van der Waals surface area contributed by atoms with E-state index in [4.69, 9.17) is 16.3 Å². The van der Waals surface area contributed by atoms with Crippen LogP contribution < -0.4 is 4.74 Å². The lowest BCUT2D eigenvalue weighted by atomic mass is 9.95. The van der Waals surface area contributed by atoms with E-state index in [1.54, 1.807) is 29.2 Å². The topological polar surface area (TPSA) is 70.1 Å². The van der Waals surface area contributed by atoms with E-state index in [0.29, 0.717) is 23.7 Å². The molecule has 2 aromatic carbocycles. The summed E-state index contributed by atoms with van der Waals surface area (Å²) in [5.74, 6) is -0.739. The van der Waals surface area contributed by atoms with Gasteiger partial charge in [-0.3, -0.25) is 9.59 Å². The Kier molecular flexibility index (Phi) is 9.13. The molecule has 6 nitrogen and oxygen atoms in total. The Hall–Kier alpha value is -2.83. The van der Waals surface area contributed by atoms with E-state index in [9.17, 15) is 14.7 Å². The molecule has 0 bridgehead atoms. The van der Waals surface area contributed by atoms with Crippen LogP contribution in [0.1, 0.15) is 50.8 Å². The number of ether oxygens (including phenoxy) is 1. The number of rotatable bonds is 11. The molecule has 0 aliphatic carbocycles. The van der Waals surface area contributed by atoms with Crippen LogP contribution in [0.25, 0.3) is 5.76 Å². The average molecular weight is 485 g/mol. The molecule has 0 saturated carbocycles. The van der Waals surface area contributed by atoms with Crippen molar-refractivity contribution >= 4 is 29.1 Å². The van der Waals surface area contributed by atoms with Gasteiger partial charge in [0.05, 0.1) is 18.2 Å². The van der Waals surface area contributed by atoms with Gasteiger partial charge in [0.25, 0.3) is 11.7 Å². The summed E-state index contributed by atoms with van der Waals surface area (Å²) in [5, 5.41) is 11.6. The molecule has 0 aromatic heterocycles. The molecular weight excluding hydrogens is 452 g/mol. The van der Waals surface area contributed by atoms with E-state index < -0.39 is 17.7 Å². The zero-order valence-corrected chi connectivity index (χ0v) is 20.8. The summed E-state index contributed by atoms with van der Waals surface area (Å²) < 4.78 is 5.69. The first-order chi connectivity index (χ1) is 16.4. The van der Waals surface area contributed by atoms with Crippen molar-refractivity contribution in [3.8, 4) is 5.75 Å². The summed E-state index contributed by atoms with van der Waals surface area (Å²) in [7, 11) is 0. The maximum absolute atomic E-state index is 13.1. The van der Waals surface area contributed by atoms with Crippen LogP contribution in [-0.4, -0.2) is 59.4 Å². The van der Waals surface area contributed by atoms with E-state index in [1.165, 1.54) is 0 Å². The highest BCUT2D eigenvalue weighted by atomic mass is 35.5. The third-order valence-corrected chi connectivity index (χ3v) is 6.35. The second kappa shape index (κ2) is 12.0. The van der Waals surface area contributed by atoms with Gasteiger partial charge in [-0.15, -0.1) is 0 Å². The number of nitrogens with zero attached hydrogens (tertiary/aromatic N) is 2. The third-order valence-electron chi connectivity index (χ3n) is 6.09. The quantitative estimate of drug-likeness (QED) is 0.267. The first kappa shape index (κ1) is 25.8. The number of aliphatic hydroxyl groups excluding tert-OH is 1. The number of carbonyl (C=O) groups is 2. The van der Waals surface area contributed by atoms with Crippen LogP contribution in [0.2, 0.25) is 5.02 Å². The van der Waals surface area contributed by atoms with E-state index in [0.717, 1.165) is 43.8 Å². The minimum absolute atomic E-state index is 0.0948. The number of Topliss-reactive ketones (excluding diaryl/α,β-unsaturated/α-hetero) is 1. The maximum Gasteiger partial charge on any atom is 0.295 e. The Balaban J connectivity index is 1.99. The van der Waals surface area contributed by atoms with E-state index in [1.807, 2.05) is 31.2 Å². The second-order valence-corrected chi connectivity index (χ2v) is 8.73. The van der Waals surface area contributed by atoms with Crippen molar-refractivity contribution in [2.75, 3.05) is 32.8 Å². The molecule has 1 N–H and O–H groups in total. The van der Waals surface area contributed by atoms with Gasteiger partial charge in [-0.1, -0.05) is 44.5 Å². The van der Waals surface area contributed by atoms with Gasteiger partial charge in [-0.2, -0.15) is 0 Å². The lowest BCUT2D eigenvalue weighted by Crippen LogP contribution is -2.33. The Morgan fingerprint density at radius 3 is 2.26 bits per heavy atom. The molecule has 7 heteroatoms. The number of amides is 1. The van der Waals surface area contributed by atoms with Gasteiger partial charge in [0.2, 0.25) is 0 Å². The van der Waals surface area contributed by atoms with Crippen molar-refractivity contribution in [3.05, 3.63) is 70.3 Å². The van der Waals surface area contributed by atoms with Gasteiger partial charge >= 0.3 is 0 Å². The molecular formula is C27H33ClN2O4. The highest BCUT2D eigenvalue weighted by molar-refractivity contribution is 6.46. The maximum atomic E-state index is 13.1. The standard InChI is InChI=1S/C27H33ClN2O4/c1-4-18-34-22-14-10-19(11-15-22)24-23(25(31)20-8-12-21(28)13-9-20)26(32)27(33)30(24)17-7-16-29(5-2)6-3/h8-15,24,31H,4-7,16-18H2,1-3H3/b25-23-. The molecule has 2 aromatic rings. The van der Waals surface area contributed by atoms with Crippen molar-refractivity contribution in [1.29, 1.82) is 0 Å². The Morgan fingerprint density at radius 2 is 1.68 bits per heavy atom. The molecule has 1 saturated heterocycles. The second-order valence-electron chi connectivity index (χ2n) is 8.30. The SMILES string of the molecule is CCCOc1ccc(C2/C(=C(/O)c3ccc(Cl)cc3)C(=O)C(=O)N2CCCN(CC)CC)cc1. The van der Waals surface area contributed by atoms with Crippen molar-refractivity contribution in [2.45, 2.75) is 39.7 Å². The summed E-state index contributed by atoms with van der Waals surface area (Å²) in [6.45, 7) is 9.94. The number of carbonyl (C=O) groups excluding carboxylic acids is 2. The van der Waals surface area contributed by atoms with Crippen LogP contribution in [0.5, 0.6) is 5.75 Å². The largest absolute Gasteiger partial charge is 0.507 e. The minimum atomic E-state index is -0.674. The molecule has 1 fully saturated rings. The Bertz CT molecular complexity index is 1010. The highest BCUT2D eigenvalue weighted by Gasteiger charge is 2.45. The fraction of sp³-hybridized carbons (Fsp3) is 0.407. The molecule has 3 rings (SSSR count). The highest BCUT2D eigenvalue weighted by Crippen LogP contribution is 2.40. The first-order valence-electron chi connectivity index (χ1n) is 11.9. The third kappa shape index (κ3) is 5.80. The van der Waals surface area contributed by atoms with Crippen LogP contribution in [0, 0.1) is 0 Å².